The first-order valence-electron chi connectivity index (χ1n) is 4.74. The van der Waals surface area contributed by atoms with E-state index in [1.807, 2.05) is 6.07 Å². The zero-order chi connectivity index (χ0) is 11.5. The molecule has 1 aromatic heterocycles. The Bertz CT molecular complexity index is 339. The third-order valence-corrected chi connectivity index (χ3v) is 3.07. The summed E-state index contributed by atoms with van der Waals surface area (Å²) < 4.78 is 1.90. The molecule has 0 aliphatic carbocycles. The van der Waals surface area contributed by atoms with Crippen LogP contribution in [0.5, 0.6) is 0 Å². The summed E-state index contributed by atoms with van der Waals surface area (Å²) in [5.41, 5.74) is 5.51. The Kier molecular flexibility index (Phi) is 4.55. The molecule has 0 amide bonds. The molecule has 3 N–H and O–H groups in total. The van der Waals surface area contributed by atoms with Crippen molar-refractivity contribution >= 4 is 37.7 Å². The third kappa shape index (κ3) is 4.09. The maximum Gasteiger partial charge on any atom is 0.140 e. The molecule has 1 aromatic rings. The van der Waals surface area contributed by atoms with E-state index in [0.717, 1.165) is 21.2 Å². The topological polar surface area (TPSA) is 50.9 Å². The standard InChI is InChI=1S/C10H15Br2N3/c1-10(2,3-4-13)15-9-8(12)5-7(11)6-14-9/h5-6H,3-4,13H2,1-2H3,(H,14,15). The minimum Gasteiger partial charge on any atom is -0.364 e. The lowest BCUT2D eigenvalue weighted by atomic mass is 10.0. The van der Waals surface area contributed by atoms with Crippen molar-refractivity contribution in [1.82, 2.24) is 4.98 Å². The Morgan fingerprint density at radius 2 is 2.13 bits per heavy atom. The van der Waals surface area contributed by atoms with Crippen LogP contribution in [-0.4, -0.2) is 17.1 Å². The van der Waals surface area contributed by atoms with E-state index in [0.29, 0.717) is 6.54 Å². The molecule has 0 fully saturated rings. The van der Waals surface area contributed by atoms with Crippen LogP contribution < -0.4 is 11.1 Å². The molecule has 0 aliphatic rings. The Morgan fingerprint density at radius 3 is 2.67 bits per heavy atom. The number of pyridine rings is 1. The molecule has 3 nitrogen and oxygen atoms in total. The Hall–Kier alpha value is -0.130. The van der Waals surface area contributed by atoms with Gasteiger partial charge in [0.15, 0.2) is 0 Å². The first kappa shape index (κ1) is 12.9. The van der Waals surface area contributed by atoms with Crippen LogP contribution >= 0.6 is 31.9 Å². The second-order valence-electron chi connectivity index (χ2n) is 4.03. The largest absolute Gasteiger partial charge is 0.364 e. The van der Waals surface area contributed by atoms with Crippen molar-refractivity contribution in [3.8, 4) is 0 Å². The van der Waals surface area contributed by atoms with Crippen LogP contribution in [0.15, 0.2) is 21.2 Å². The van der Waals surface area contributed by atoms with Crippen molar-refractivity contribution in [2.24, 2.45) is 5.73 Å². The maximum absolute atomic E-state index is 5.55. The molecule has 0 unspecified atom stereocenters. The molecule has 0 saturated heterocycles. The summed E-state index contributed by atoms with van der Waals surface area (Å²) in [5.74, 6) is 0.844. The molecule has 0 radical (unpaired) electrons. The van der Waals surface area contributed by atoms with Crippen LogP contribution in [0.2, 0.25) is 0 Å². The summed E-state index contributed by atoms with van der Waals surface area (Å²) in [6.07, 6.45) is 2.67. The number of halogens is 2. The molecule has 0 atom stereocenters. The summed E-state index contributed by atoms with van der Waals surface area (Å²) >= 11 is 6.83. The van der Waals surface area contributed by atoms with E-state index in [9.17, 15) is 0 Å². The minimum absolute atomic E-state index is 0.0436. The van der Waals surface area contributed by atoms with Gasteiger partial charge in [-0.05, 0) is 64.7 Å². The van der Waals surface area contributed by atoms with Crippen molar-refractivity contribution in [2.75, 3.05) is 11.9 Å². The van der Waals surface area contributed by atoms with E-state index in [1.165, 1.54) is 0 Å². The highest BCUT2D eigenvalue weighted by molar-refractivity contribution is 9.11. The summed E-state index contributed by atoms with van der Waals surface area (Å²) in [5, 5.41) is 3.36. The number of rotatable bonds is 4. The van der Waals surface area contributed by atoms with Gasteiger partial charge in [0, 0.05) is 16.2 Å². The van der Waals surface area contributed by atoms with Gasteiger partial charge in [0.1, 0.15) is 5.82 Å². The highest BCUT2D eigenvalue weighted by atomic mass is 79.9. The van der Waals surface area contributed by atoms with Gasteiger partial charge in [-0.3, -0.25) is 0 Å². The Labute approximate surface area is 107 Å². The van der Waals surface area contributed by atoms with Gasteiger partial charge in [0.05, 0.1) is 4.47 Å². The van der Waals surface area contributed by atoms with Gasteiger partial charge in [-0.2, -0.15) is 0 Å². The number of nitrogens with one attached hydrogen (secondary N) is 1. The summed E-state index contributed by atoms with van der Waals surface area (Å²) in [6, 6.07) is 1.97. The smallest absolute Gasteiger partial charge is 0.140 e. The maximum atomic E-state index is 5.55. The summed E-state index contributed by atoms with van der Waals surface area (Å²) in [7, 11) is 0. The fraction of sp³-hybridized carbons (Fsp3) is 0.500. The van der Waals surface area contributed by atoms with Gasteiger partial charge in [0.2, 0.25) is 0 Å². The number of hydrogen-bond donors (Lipinski definition) is 2. The zero-order valence-corrected chi connectivity index (χ0v) is 12.0. The van der Waals surface area contributed by atoms with Gasteiger partial charge in [-0.15, -0.1) is 0 Å². The zero-order valence-electron chi connectivity index (χ0n) is 8.85. The molecule has 0 aliphatic heterocycles. The van der Waals surface area contributed by atoms with Crippen LogP contribution in [0.1, 0.15) is 20.3 Å². The molecule has 15 heavy (non-hydrogen) atoms. The first-order valence-corrected chi connectivity index (χ1v) is 6.32. The average Bonchev–Trinajstić information content (AvgIpc) is 2.09. The number of hydrogen-bond acceptors (Lipinski definition) is 3. The number of nitrogens with two attached hydrogens (primary N) is 1. The molecule has 1 heterocycles. The van der Waals surface area contributed by atoms with E-state index in [4.69, 9.17) is 5.73 Å². The van der Waals surface area contributed by atoms with Crippen molar-refractivity contribution in [1.29, 1.82) is 0 Å². The lowest BCUT2D eigenvalue weighted by Crippen LogP contribution is -2.33. The van der Waals surface area contributed by atoms with Gasteiger partial charge >= 0.3 is 0 Å². The molecular weight excluding hydrogens is 322 g/mol. The van der Waals surface area contributed by atoms with E-state index >= 15 is 0 Å². The molecule has 0 saturated carbocycles. The van der Waals surface area contributed by atoms with Crippen LogP contribution in [0.4, 0.5) is 5.82 Å². The van der Waals surface area contributed by atoms with Crippen molar-refractivity contribution in [2.45, 2.75) is 25.8 Å². The summed E-state index contributed by atoms with van der Waals surface area (Å²) in [4.78, 5) is 4.30. The van der Waals surface area contributed by atoms with E-state index in [2.05, 4.69) is 56.0 Å². The lowest BCUT2D eigenvalue weighted by molar-refractivity contribution is 0.524. The normalized spacial score (nSPS) is 11.5. The second kappa shape index (κ2) is 5.27. The van der Waals surface area contributed by atoms with Crippen LogP contribution in [0.25, 0.3) is 0 Å². The molecule has 0 aromatic carbocycles. The van der Waals surface area contributed by atoms with E-state index in [-0.39, 0.29) is 5.54 Å². The summed E-state index contributed by atoms with van der Waals surface area (Å²) in [6.45, 7) is 4.88. The highest BCUT2D eigenvalue weighted by Gasteiger charge is 2.17. The van der Waals surface area contributed by atoms with E-state index < -0.39 is 0 Å². The monoisotopic (exact) mass is 335 g/mol. The molecule has 0 bridgehead atoms. The van der Waals surface area contributed by atoms with Crippen LogP contribution in [0, 0.1) is 0 Å². The number of anilines is 1. The molecule has 1 rings (SSSR count). The van der Waals surface area contributed by atoms with Crippen molar-refractivity contribution < 1.29 is 0 Å². The van der Waals surface area contributed by atoms with Crippen molar-refractivity contribution in [3.05, 3.63) is 21.2 Å². The van der Waals surface area contributed by atoms with Gasteiger partial charge < -0.3 is 11.1 Å². The molecule has 0 spiro atoms. The lowest BCUT2D eigenvalue weighted by Gasteiger charge is -2.26. The number of aromatic nitrogens is 1. The quantitative estimate of drug-likeness (QED) is 0.888. The van der Waals surface area contributed by atoms with Crippen LogP contribution in [0.3, 0.4) is 0 Å². The highest BCUT2D eigenvalue weighted by Crippen LogP contribution is 2.26. The fourth-order valence-corrected chi connectivity index (χ4v) is 2.34. The Morgan fingerprint density at radius 1 is 1.47 bits per heavy atom. The van der Waals surface area contributed by atoms with Gasteiger partial charge in [-0.25, -0.2) is 4.98 Å². The molecule has 84 valence electrons. The number of nitrogens with zero attached hydrogens (tertiary/aromatic N) is 1. The van der Waals surface area contributed by atoms with Gasteiger partial charge in [0.25, 0.3) is 0 Å². The third-order valence-electron chi connectivity index (χ3n) is 2.03. The van der Waals surface area contributed by atoms with Crippen molar-refractivity contribution in [3.63, 3.8) is 0 Å². The minimum atomic E-state index is -0.0436. The van der Waals surface area contributed by atoms with E-state index in [1.54, 1.807) is 6.20 Å². The first-order chi connectivity index (χ1) is 6.94. The second-order valence-corrected chi connectivity index (χ2v) is 5.80. The Balaban J connectivity index is 2.80. The van der Waals surface area contributed by atoms with Crippen LogP contribution in [-0.2, 0) is 0 Å². The fourth-order valence-electron chi connectivity index (χ4n) is 1.25. The average molecular weight is 337 g/mol. The molecular formula is C10H15Br2N3. The molecule has 5 heteroatoms. The predicted molar refractivity (Wildman–Crippen MR) is 71.0 cm³/mol. The predicted octanol–water partition coefficient (Wildman–Crippen LogP) is 3.15. The SMILES string of the molecule is CC(C)(CCN)Nc1ncc(Br)cc1Br. The van der Waals surface area contributed by atoms with Gasteiger partial charge in [-0.1, -0.05) is 0 Å².